The van der Waals surface area contributed by atoms with Crippen LogP contribution in [0.5, 0.6) is 5.75 Å². The van der Waals surface area contributed by atoms with Gasteiger partial charge in [0.2, 0.25) is 5.91 Å². The Morgan fingerprint density at radius 3 is 2.95 bits per heavy atom. The van der Waals surface area contributed by atoms with E-state index in [4.69, 9.17) is 9.84 Å². The smallest absolute Gasteiger partial charge is 0.339 e. The Morgan fingerprint density at radius 2 is 2.26 bits per heavy atom. The molecule has 19 heavy (non-hydrogen) atoms. The quantitative estimate of drug-likeness (QED) is 0.641. The number of para-hydroxylation sites is 1. The van der Waals surface area contributed by atoms with Gasteiger partial charge in [-0.3, -0.25) is 4.79 Å². The summed E-state index contributed by atoms with van der Waals surface area (Å²) in [4.78, 5) is 21.9. The summed E-state index contributed by atoms with van der Waals surface area (Å²) < 4.78 is 5.44. The van der Waals surface area contributed by atoms with Crippen molar-refractivity contribution in [3.63, 3.8) is 0 Å². The first-order valence-electron chi connectivity index (χ1n) is 6.12. The number of carbonyl (C=O) groups excluding carboxylic acids is 1. The van der Waals surface area contributed by atoms with Crippen molar-refractivity contribution in [2.24, 2.45) is 0 Å². The van der Waals surface area contributed by atoms with Gasteiger partial charge in [-0.15, -0.1) is 0 Å². The maximum atomic E-state index is 11.0. The van der Waals surface area contributed by atoms with E-state index in [0.717, 1.165) is 0 Å². The molecule has 1 aliphatic rings. The van der Waals surface area contributed by atoms with E-state index in [1.54, 1.807) is 18.2 Å². The van der Waals surface area contributed by atoms with Crippen molar-refractivity contribution in [2.45, 2.75) is 12.5 Å². The molecular weight excluding hydrogens is 248 g/mol. The highest BCUT2D eigenvalue weighted by atomic mass is 16.5. The number of carboxylic acid groups (broad SMARTS) is 1. The molecule has 0 spiro atoms. The highest BCUT2D eigenvalue weighted by molar-refractivity contribution is 5.90. The number of ether oxygens (including phenoxy) is 1. The van der Waals surface area contributed by atoms with Crippen LogP contribution in [0.2, 0.25) is 0 Å². The van der Waals surface area contributed by atoms with Gasteiger partial charge in [-0.25, -0.2) is 4.79 Å². The fourth-order valence-corrected chi connectivity index (χ4v) is 1.94. The molecule has 3 N–H and O–H groups in total. The van der Waals surface area contributed by atoms with Crippen LogP contribution in [-0.2, 0) is 4.79 Å². The predicted molar refractivity (Wildman–Crippen MR) is 68.3 cm³/mol. The van der Waals surface area contributed by atoms with E-state index in [1.165, 1.54) is 6.07 Å². The zero-order valence-corrected chi connectivity index (χ0v) is 10.4. The van der Waals surface area contributed by atoms with E-state index >= 15 is 0 Å². The van der Waals surface area contributed by atoms with Gasteiger partial charge in [0, 0.05) is 25.6 Å². The van der Waals surface area contributed by atoms with Crippen LogP contribution in [0, 0.1) is 0 Å². The van der Waals surface area contributed by atoms with Gasteiger partial charge in [0.05, 0.1) is 0 Å². The first-order chi connectivity index (χ1) is 9.16. The lowest BCUT2D eigenvalue weighted by Gasteiger charge is -2.12. The Morgan fingerprint density at radius 1 is 1.47 bits per heavy atom. The molecule has 1 aromatic carbocycles. The SMILES string of the molecule is O=C1CC(NCCOc2ccccc2C(=O)O)CN1. The van der Waals surface area contributed by atoms with Gasteiger partial charge in [-0.1, -0.05) is 12.1 Å². The van der Waals surface area contributed by atoms with Crippen LogP contribution in [0.1, 0.15) is 16.8 Å². The second-order valence-corrected chi connectivity index (χ2v) is 4.31. The summed E-state index contributed by atoms with van der Waals surface area (Å²) in [5.41, 5.74) is 0.153. The van der Waals surface area contributed by atoms with Crippen LogP contribution < -0.4 is 15.4 Å². The minimum Gasteiger partial charge on any atom is -0.491 e. The summed E-state index contributed by atoms with van der Waals surface area (Å²) in [5.74, 6) is -0.596. The summed E-state index contributed by atoms with van der Waals surface area (Å²) >= 11 is 0. The molecule has 6 heteroatoms. The Hall–Kier alpha value is -2.08. The van der Waals surface area contributed by atoms with Crippen molar-refractivity contribution in [3.8, 4) is 5.75 Å². The Bertz CT molecular complexity index is 475. The second-order valence-electron chi connectivity index (χ2n) is 4.31. The van der Waals surface area contributed by atoms with Gasteiger partial charge in [-0.2, -0.15) is 0 Å². The van der Waals surface area contributed by atoms with E-state index in [2.05, 4.69) is 10.6 Å². The van der Waals surface area contributed by atoms with Gasteiger partial charge in [0.25, 0.3) is 0 Å². The van der Waals surface area contributed by atoms with Crippen LogP contribution >= 0.6 is 0 Å². The number of nitrogens with one attached hydrogen (secondary N) is 2. The first kappa shape index (κ1) is 13.4. The molecule has 1 aliphatic heterocycles. The summed E-state index contributed by atoms with van der Waals surface area (Å²) in [5, 5.41) is 14.9. The Balaban J connectivity index is 1.76. The number of hydrogen-bond donors (Lipinski definition) is 3. The molecule has 1 amide bonds. The number of rotatable bonds is 6. The molecule has 6 nitrogen and oxygen atoms in total. The number of benzene rings is 1. The predicted octanol–water partition coefficient (Wildman–Crippen LogP) is 0.242. The largest absolute Gasteiger partial charge is 0.491 e. The molecule has 2 rings (SSSR count). The summed E-state index contributed by atoms with van der Waals surface area (Å²) in [7, 11) is 0. The van der Waals surface area contributed by atoms with Gasteiger partial charge in [0.15, 0.2) is 0 Å². The molecule has 0 bridgehead atoms. The van der Waals surface area contributed by atoms with Crippen molar-refractivity contribution in [1.29, 1.82) is 0 Å². The monoisotopic (exact) mass is 264 g/mol. The minimum atomic E-state index is -1.01. The third-order valence-corrected chi connectivity index (χ3v) is 2.89. The van der Waals surface area contributed by atoms with E-state index in [1.807, 2.05) is 0 Å². The topological polar surface area (TPSA) is 87.7 Å². The van der Waals surface area contributed by atoms with Crippen molar-refractivity contribution in [3.05, 3.63) is 29.8 Å². The lowest BCUT2D eigenvalue weighted by Crippen LogP contribution is -2.34. The van der Waals surface area contributed by atoms with E-state index in [0.29, 0.717) is 31.9 Å². The normalized spacial score (nSPS) is 18.1. The van der Waals surface area contributed by atoms with Crippen molar-refractivity contribution in [1.82, 2.24) is 10.6 Å². The molecule has 1 unspecified atom stereocenters. The summed E-state index contributed by atoms with van der Waals surface area (Å²) in [6.45, 7) is 1.55. The zero-order valence-electron chi connectivity index (χ0n) is 10.4. The highest BCUT2D eigenvalue weighted by Crippen LogP contribution is 2.17. The molecular formula is C13H16N2O4. The van der Waals surface area contributed by atoms with E-state index in [9.17, 15) is 9.59 Å². The maximum Gasteiger partial charge on any atom is 0.339 e. The molecule has 102 valence electrons. The third-order valence-electron chi connectivity index (χ3n) is 2.89. The van der Waals surface area contributed by atoms with E-state index in [-0.39, 0.29) is 17.5 Å². The number of amides is 1. The number of carboxylic acids is 1. The standard InChI is InChI=1S/C13H16N2O4/c16-12-7-9(8-15-12)14-5-6-19-11-4-2-1-3-10(11)13(17)18/h1-4,9,14H,5-8H2,(H,15,16)(H,17,18). The molecule has 0 saturated carbocycles. The van der Waals surface area contributed by atoms with Crippen LogP contribution in [0.4, 0.5) is 0 Å². The number of hydrogen-bond acceptors (Lipinski definition) is 4. The fraction of sp³-hybridized carbons (Fsp3) is 0.385. The number of aromatic carboxylic acids is 1. The van der Waals surface area contributed by atoms with Gasteiger partial charge < -0.3 is 20.5 Å². The zero-order chi connectivity index (χ0) is 13.7. The second kappa shape index (κ2) is 6.19. The Labute approximate surface area is 110 Å². The highest BCUT2D eigenvalue weighted by Gasteiger charge is 2.20. The molecule has 1 heterocycles. The molecule has 1 aromatic rings. The lowest BCUT2D eigenvalue weighted by atomic mass is 10.2. The minimum absolute atomic E-state index is 0.0506. The van der Waals surface area contributed by atoms with Crippen LogP contribution in [0.25, 0.3) is 0 Å². The molecule has 1 saturated heterocycles. The average Bonchev–Trinajstić information content (AvgIpc) is 2.81. The third kappa shape index (κ3) is 3.69. The molecule has 1 fully saturated rings. The van der Waals surface area contributed by atoms with Crippen LogP contribution in [-0.4, -0.2) is 42.7 Å². The van der Waals surface area contributed by atoms with Gasteiger partial charge in [-0.05, 0) is 12.1 Å². The van der Waals surface area contributed by atoms with Crippen molar-refractivity contribution >= 4 is 11.9 Å². The van der Waals surface area contributed by atoms with Gasteiger partial charge in [0.1, 0.15) is 17.9 Å². The molecule has 0 radical (unpaired) electrons. The summed E-state index contributed by atoms with van der Waals surface area (Å²) in [6.07, 6.45) is 0.478. The fourth-order valence-electron chi connectivity index (χ4n) is 1.94. The molecule has 0 aliphatic carbocycles. The molecule has 1 atom stereocenters. The van der Waals surface area contributed by atoms with Crippen molar-refractivity contribution < 1.29 is 19.4 Å². The molecule has 0 aromatic heterocycles. The average molecular weight is 264 g/mol. The van der Waals surface area contributed by atoms with Crippen molar-refractivity contribution in [2.75, 3.05) is 19.7 Å². The number of carbonyl (C=O) groups is 2. The summed E-state index contributed by atoms with van der Waals surface area (Å²) in [6, 6.07) is 6.65. The first-order valence-corrected chi connectivity index (χ1v) is 6.12. The van der Waals surface area contributed by atoms with E-state index < -0.39 is 5.97 Å². The van der Waals surface area contributed by atoms with Gasteiger partial charge >= 0.3 is 5.97 Å². The lowest BCUT2D eigenvalue weighted by molar-refractivity contribution is -0.119. The van der Waals surface area contributed by atoms with Crippen LogP contribution in [0.3, 0.4) is 0 Å². The van der Waals surface area contributed by atoms with Crippen LogP contribution in [0.15, 0.2) is 24.3 Å². The maximum absolute atomic E-state index is 11.0. The Kier molecular flexibility index (Phi) is 4.35.